The van der Waals surface area contributed by atoms with Gasteiger partial charge in [0.05, 0.1) is 7.11 Å². The maximum atomic E-state index is 11.8. The van der Waals surface area contributed by atoms with E-state index in [1.54, 1.807) is 18.2 Å². The molecule has 1 aliphatic carbocycles. The fraction of sp³-hybridized carbons (Fsp3) is 0.167. The summed E-state index contributed by atoms with van der Waals surface area (Å²) in [5, 5.41) is 8.62. The highest BCUT2D eigenvalue weighted by Gasteiger charge is 2.25. The van der Waals surface area contributed by atoms with E-state index in [1.165, 1.54) is 7.11 Å². The Morgan fingerprint density at radius 3 is 2.88 bits per heavy atom. The summed E-state index contributed by atoms with van der Waals surface area (Å²) in [6, 6.07) is 5.19. The molecule has 0 saturated heterocycles. The first kappa shape index (κ1) is 10.4. The minimum atomic E-state index is -1.09. The van der Waals surface area contributed by atoms with E-state index < -0.39 is 5.97 Å². The van der Waals surface area contributed by atoms with Crippen LogP contribution < -0.4 is 4.74 Å². The lowest BCUT2D eigenvalue weighted by Crippen LogP contribution is -1.99. The third kappa shape index (κ3) is 1.69. The monoisotopic (exact) mass is 218 g/mol. The van der Waals surface area contributed by atoms with E-state index in [0.29, 0.717) is 23.3 Å². The molecule has 0 heterocycles. The van der Waals surface area contributed by atoms with Crippen LogP contribution >= 0.6 is 0 Å². The molecule has 1 aliphatic rings. The van der Waals surface area contributed by atoms with Crippen molar-refractivity contribution in [2.45, 2.75) is 6.42 Å². The summed E-state index contributed by atoms with van der Waals surface area (Å²) in [5.41, 5.74) is 1.70. The zero-order valence-corrected chi connectivity index (χ0v) is 8.69. The number of rotatable bonds is 2. The van der Waals surface area contributed by atoms with Crippen molar-refractivity contribution in [2.24, 2.45) is 0 Å². The number of hydrogen-bond donors (Lipinski definition) is 1. The molecule has 0 spiro atoms. The first-order valence-electron chi connectivity index (χ1n) is 4.77. The highest BCUT2D eigenvalue weighted by Crippen LogP contribution is 2.29. The van der Waals surface area contributed by atoms with Crippen LogP contribution in [0.4, 0.5) is 0 Å². The topological polar surface area (TPSA) is 63.6 Å². The predicted octanol–water partition coefficient (Wildman–Crippen LogP) is 1.44. The number of carbonyl (C=O) groups excluding carboxylic acids is 1. The van der Waals surface area contributed by atoms with Crippen molar-refractivity contribution in [3.63, 3.8) is 0 Å². The summed E-state index contributed by atoms with van der Waals surface area (Å²) < 4.78 is 5.02. The van der Waals surface area contributed by atoms with Crippen LogP contribution in [-0.4, -0.2) is 24.0 Å². The summed E-state index contributed by atoms with van der Waals surface area (Å²) in [6.45, 7) is 0. The molecule has 0 radical (unpaired) electrons. The predicted molar refractivity (Wildman–Crippen MR) is 56.7 cm³/mol. The van der Waals surface area contributed by atoms with E-state index in [-0.39, 0.29) is 5.78 Å². The van der Waals surface area contributed by atoms with Gasteiger partial charge in [-0.1, -0.05) is 6.07 Å². The van der Waals surface area contributed by atoms with Crippen molar-refractivity contribution >= 4 is 11.8 Å². The van der Waals surface area contributed by atoms with Crippen molar-refractivity contribution in [2.75, 3.05) is 7.11 Å². The van der Waals surface area contributed by atoms with Crippen LogP contribution in [-0.2, 0) is 11.2 Å². The number of benzene rings is 1. The SMILES string of the molecule is COc1ccc2c(c1)C(=O)/C(=C\C(=O)O)C2. The second kappa shape index (κ2) is 3.81. The number of hydrogen-bond acceptors (Lipinski definition) is 3. The van der Waals surface area contributed by atoms with Crippen LogP contribution in [0.3, 0.4) is 0 Å². The Morgan fingerprint density at radius 2 is 2.25 bits per heavy atom. The number of Topliss-reactive ketones (excluding diaryl/α,β-unsaturated/α-hetero) is 1. The molecule has 4 heteroatoms. The Morgan fingerprint density at radius 1 is 1.50 bits per heavy atom. The van der Waals surface area contributed by atoms with Gasteiger partial charge in [-0.25, -0.2) is 4.79 Å². The highest BCUT2D eigenvalue weighted by molar-refractivity contribution is 6.15. The third-order valence-corrected chi connectivity index (χ3v) is 2.53. The summed E-state index contributed by atoms with van der Waals surface area (Å²) in [5.74, 6) is -0.719. The Kier molecular flexibility index (Phi) is 2.48. The molecule has 1 aromatic rings. The van der Waals surface area contributed by atoms with Crippen LogP contribution in [0.1, 0.15) is 15.9 Å². The van der Waals surface area contributed by atoms with Crippen molar-refractivity contribution in [1.29, 1.82) is 0 Å². The third-order valence-electron chi connectivity index (χ3n) is 2.53. The van der Waals surface area contributed by atoms with Gasteiger partial charge >= 0.3 is 5.97 Å². The molecule has 0 bridgehead atoms. The number of fused-ring (bicyclic) bond motifs is 1. The first-order chi connectivity index (χ1) is 7.61. The molecule has 0 saturated carbocycles. The maximum Gasteiger partial charge on any atom is 0.328 e. The lowest BCUT2D eigenvalue weighted by Gasteiger charge is -2.01. The van der Waals surface area contributed by atoms with Crippen LogP contribution in [0.15, 0.2) is 29.8 Å². The van der Waals surface area contributed by atoms with Crippen molar-refractivity contribution in [1.82, 2.24) is 0 Å². The number of aliphatic carboxylic acids is 1. The minimum Gasteiger partial charge on any atom is -0.497 e. The van der Waals surface area contributed by atoms with Crippen molar-refractivity contribution in [3.05, 3.63) is 41.0 Å². The summed E-state index contributed by atoms with van der Waals surface area (Å²) in [6.07, 6.45) is 1.35. The molecular weight excluding hydrogens is 208 g/mol. The van der Waals surface area contributed by atoms with Crippen LogP contribution in [0.2, 0.25) is 0 Å². The Hall–Kier alpha value is -2.10. The molecule has 0 aliphatic heterocycles. The van der Waals surface area contributed by atoms with Gasteiger partial charge in [-0.05, 0) is 17.7 Å². The molecule has 0 aromatic heterocycles. The van der Waals surface area contributed by atoms with Gasteiger partial charge in [-0.3, -0.25) is 4.79 Å². The smallest absolute Gasteiger partial charge is 0.328 e. The van der Waals surface area contributed by atoms with Crippen LogP contribution in [0.25, 0.3) is 0 Å². The zero-order valence-electron chi connectivity index (χ0n) is 8.69. The summed E-state index contributed by atoms with van der Waals surface area (Å²) in [4.78, 5) is 22.3. The number of ether oxygens (including phenoxy) is 1. The molecule has 0 unspecified atom stereocenters. The highest BCUT2D eigenvalue weighted by atomic mass is 16.5. The minimum absolute atomic E-state index is 0.226. The number of carboxylic acids is 1. The Balaban J connectivity index is 2.43. The number of ketones is 1. The molecule has 0 atom stereocenters. The zero-order chi connectivity index (χ0) is 11.7. The summed E-state index contributed by atoms with van der Waals surface area (Å²) in [7, 11) is 1.52. The van der Waals surface area contributed by atoms with Gasteiger partial charge in [-0.15, -0.1) is 0 Å². The lowest BCUT2D eigenvalue weighted by molar-refractivity contribution is -0.131. The van der Waals surface area contributed by atoms with E-state index in [2.05, 4.69) is 0 Å². The van der Waals surface area contributed by atoms with E-state index in [1.807, 2.05) is 0 Å². The van der Waals surface area contributed by atoms with E-state index in [0.717, 1.165) is 11.6 Å². The quantitative estimate of drug-likeness (QED) is 0.763. The molecule has 1 aromatic carbocycles. The first-order valence-corrected chi connectivity index (χ1v) is 4.77. The van der Waals surface area contributed by atoms with Crippen molar-refractivity contribution < 1.29 is 19.4 Å². The van der Waals surface area contributed by atoms with Crippen LogP contribution in [0.5, 0.6) is 5.75 Å². The van der Waals surface area contributed by atoms with Gasteiger partial charge in [0.2, 0.25) is 0 Å². The van der Waals surface area contributed by atoms with E-state index >= 15 is 0 Å². The fourth-order valence-corrected chi connectivity index (χ4v) is 1.77. The molecular formula is C12H10O4. The normalized spacial score (nSPS) is 16.3. The summed E-state index contributed by atoms with van der Waals surface area (Å²) >= 11 is 0. The molecule has 4 nitrogen and oxygen atoms in total. The number of methoxy groups -OCH3 is 1. The van der Waals surface area contributed by atoms with Gasteiger partial charge < -0.3 is 9.84 Å². The van der Waals surface area contributed by atoms with Gasteiger partial charge in [0.15, 0.2) is 5.78 Å². The molecule has 0 amide bonds. The van der Waals surface area contributed by atoms with E-state index in [4.69, 9.17) is 9.84 Å². The van der Waals surface area contributed by atoms with Crippen molar-refractivity contribution in [3.8, 4) is 5.75 Å². The molecule has 0 fully saturated rings. The standard InChI is InChI=1S/C12H10O4/c1-16-9-3-2-7-4-8(5-11(13)14)12(15)10(7)6-9/h2-3,5-6H,4H2,1H3,(H,13,14)/b8-5-. The van der Waals surface area contributed by atoms with E-state index in [9.17, 15) is 9.59 Å². The molecule has 16 heavy (non-hydrogen) atoms. The maximum absolute atomic E-state index is 11.8. The average molecular weight is 218 g/mol. The van der Waals surface area contributed by atoms with Gasteiger partial charge in [0.1, 0.15) is 5.75 Å². The second-order valence-electron chi connectivity index (χ2n) is 3.54. The van der Waals surface area contributed by atoms with Gasteiger partial charge in [0.25, 0.3) is 0 Å². The fourth-order valence-electron chi connectivity index (χ4n) is 1.77. The Labute approximate surface area is 92.2 Å². The van der Waals surface area contributed by atoms with Gasteiger partial charge in [0, 0.05) is 23.6 Å². The van der Waals surface area contributed by atoms with Gasteiger partial charge in [-0.2, -0.15) is 0 Å². The number of carboxylic acid groups (broad SMARTS) is 1. The second-order valence-corrected chi connectivity index (χ2v) is 3.54. The molecule has 82 valence electrons. The number of allylic oxidation sites excluding steroid dienone is 1. The van der Waals surface area contributed by atoms with Crippen LogP contribution in [0, 0.1) is 0 Å². The molecule has 2 rings (SSSR count). The lowest BCUT2D eigenvalue weighted by atomic mass is 10.1. The molecule has 1 N–H and O–H groups in total. The average Bonchev–Trinajstić information content (AvgIpc) is 2.55. The number of carbonyl (C=O) groups is 2. The largest absolute Gasteiger partial charge is 0.497 e. The Bertz CT molecular complexity index is 500.